The molecule has 0 spiro atoms. The van der Waals surface area contributed by atoms with Crippen molar-refractivity contribution < 1.29 is 63.1 Å². The number of Topliss-reactive ketones (excluding diaryl/α,β-unsaturated/α-hetero) is 1. The fraction of sp³-hybridized carbons (Fsp3) is 0.857. The third-order valence-electron chi connectivity index (χ3n) is 3.90. The maximum absolute atomic E-state index is 11.6. The van der Waals surface area contributed by atoms with Crippen LogP contribution in [0.1, 0.15) is 27.2 Å². The Kier molecular flexibility index (Phi) is 10.7. The number of hydrogen-bond donors (Lipinski definition) is 0. The van der Waals surface area contributed by atoms with Gasteiger partial charge in [-0.15, -0.1) is 0 Å². The van der Waals surface area contributed by atoms with Crippen molar-refractivity contribution in [3.8, 4) is 0 Å². The van der Waals surface area contributed by atoms with Gasteiger partial charge < -0.3 is 20.0 Å². The molecule has 0 aromatic rings. The van der Waals surface area contributed by atoms with E-state index >= 15 is 0 Å². The zero-order valence-electron chi connectivity index (χ0n) is 13.2. The van der Waals surface area contributed by atoms with Gasteiger partial charge in [-0.05, 0) is 40.2 Å². The third kappa shape index (κ3) is 5.97. The molecule has 6 nitrogen and oxygen atoms in total. The molecular formula is C14H25AcN2O4-. The molecule has 1 saturated heterocycles. The summed E-state index contributed by atoms with van der Waals surface area (Å²) in [6.07, 6.45) is 0.934. The Morgan fingerprint density at radius 3 is 2.57 bits per heavy atom. The Bertz CT molecular complexity index is 343. The summed E-state index contributed by atoms with van der Waals surface area (Å²) >= 11 is 0. The second-order valence-corrected chi connectivity index (χ2v) is 5.30. The molecule has 1 radical (unpaired) electrons. The SMILES string of the molecule is CCOC(C)OC[C@@H]1C[C@H](C(C)=O)N(C)[C@H]1[C@@H]([NH-])C=O.[Ac]. The first kappa shape index (κ1) is 21.6. The maximum Gasteiger partial charge on any atom is 0.154 e. The fourth-order valence-electron chi connectivity index (χ4n) is 2.92. The Morgan fingerprint density at radius 2 is 2.10 bits per heavy atom. The maximum atomic E-state index is 11.6. The number of ketones is 1. The quantitative estimate of drug-likeness (QED) is 0.362. The minimum Gasteiger partial charge on any atom is -0.667 e. The van der Waals surface area contributed by atoms with Crippen molar-refractivity contribution >= 4 is 12.1 Å². The molecule has 0 amide bonds. The van der Waals surface area contributed by atoms with Crippen LogP contribution in [-0.2, 0) is 19.1 Å². The number of carbonyl (C=O) groups excluding carboxylic acids is 2. The number of nitrogens with one attached hydrogen (secondary N) is 1. The van der Waals surface area contributed by atoms with Crippen molar-refractivity contribution in [3.63, 3.8) is 0 Å². The number of likely N-dealkylation sites (tertiary alicyclic amines) is 1. The van der Waals surface area contributed by atoms with E-state index in [1.165, 1.54) is 0 Å². The summed E-state index contributed by atoms with van der Waals surface area (Å²) in [7, 11) is 1.80. The van der Waals surface area contributed by atoms with Crippen LogP contribution in [-0.4, -0.2) is 61.6 Å². The molecule has 5 atom stereocenters. The Labute approximate surface area is 162 Å². The van der Waals surface area contributed by atoms with E-state index in [1.807, 2.05) is 18.7 Å². The summed E-state index contributed by atoms with van der Waals surface area (Å²) in [6, 6.07) is -1.38. The Balaban J connectivity index is 0.00000400. The van der Waals surface area contributed by atoms with Gasteiger partial charge in [-0.25, -0.2) is 0 Å². The summed E-state index contributed by atoms with van der Waals surface area (Å²) in [5, 5.41) is 0. The molecular weight excluding hydrogens is 487 g/mol. The van der Waals surface area contributed by atoms with E-state index in [9.17, 15) is 9.59 Å². The van der Waals surface area contributed by atoms with Crippen molar-refractivity contribution in [2.45, 2.75) is 51.6 Å². The Morgan fingerprint density at radius 1 is 1.48 bits per heavy atom. The molecule has 0 aromatic heterocycles. The second-order valence-electron chi connectivity index (χ2n) is 5.30. The van der Waals surface area contributed by atoms with Gasteiger partial charge in [0, 0.05) is 56.7 Å². The van der Waals surface area contributed by atoms with Crippen LogP contribution >= 0.6 is 0 Å². The average molecular weight is 512 g/mol. The number of likely N-dealkylation sites (N-methyl/N-ethyl adjacent to an activating group) is 1. The topological polar surface area (TPSA) is 79.6 Å². The van der Waals surface area contributed by atoms with Crippen LogP contribution < -0.4 is 0 Å². The molecule has 1 N–H and O–H groups in total. The van der Waals surface area contributed by atoms with Gasteiger partial charge in [0.05, 0.1) is 12.6 Å². The number of rotatable bonds is 8. The van der Waals surface area contributed by atoms with Crippen LogP contribution in [0.3, 0.4) is 0 Å². The molecule has 0 aromatic carbocycles. The molecule has 119 valence electrons. The minimum absolute atomic E-state index is 0. The minimum atomic E-state index is -0.861. The molecule has 1 aliphatic heterocycles. The summed E-state index contributed by atoms with van der Waals surface area (Å²) in [6.45, 7) is 6.22. The zero-order valence-corrected chi connectivity index (χ0v) is 18.0. The van der Waals surface area contributed by atoms with E-state index < -0.39 is 6.04 Å². The van der Waals surface area contributed by atoms with Crippen LogP contribution in [0.2, 0.25) is 0 Å². The molecule has 0 bridgehead atoms. The van der Waals surface area contributed by atoms with E-state index in [-0.39, 0.29) is 74.1 Å². The van der Waals surface area contributed by atoms with Crippen LogP contribution in [0.4, 0.5) is 0 Å². The Hall–Kier alpha value is 0.622. The summed E-state index contributed by atoms with van der Waals surface area (Å²) in [5.74, 6) is 0.0560. The molecule has 1 fully saturated rings. The van der Waals surface area contributed by atoms with Gasteiger partial charge >= 0.3 is 0 Å². The molecule has 7 heteroatoms. The van der Waals surface area contributed by atoms with Gasteiger partial charge in [0.25, 0.3) is 0 Å². The molecule has 0 aliphatic carbocycles. The van der Waals surface area contributed by atoms with E-state index in [0.717, 1.165) is 0 Å². The first-order valence-corrected chi connectivity index (χ1v) is 7.04. The van der Waals surface area contributed by atoms with Gasteiger partial charge in [0.1, 0.15) is 12.1 Å². The van der Waals surface area contributed by atoms with E-state index in [1.54, 1.807) is 14.0 Å². The van der Waals surface area contributed by atoms with Crippen LogP contribution in [0.15, 0.2) is 0 Å². The molecule has 1 unspecified atom stereocenters. The normalized spacial score (nSPS) is 28.7. The van der Waals surface area contributed by atoms with Crippen molar-refractivity contribution in [3.05, 3.63) is 5.73 Å². The van der Waals surface area contributed by atoms with Gasteiger partial charge in [-0.2, -0.15) is 0 Å². The first-order chi connectivity index (χ1) is 9.42. The zero-order chi connectivity index (χ0) is 15.3. The van der Waals surface area contributed by atoms with Crippen molar-refractivity contribution in [1.29, 1.82) is 0 Å². The summed E-state index contributed by atoms with van der Waals surface area (Å²) < 4.78 is 10.9. The molecule has 21 heavy (non-hydrogen) atoms. The van der Waals surface area contributed by atoms with Gasteiger partial charge in [0.2, 0.25) is 0 Å². The van der Waals surface area contributed by atoms with Gasteiger partial charge in [0.15, 0.2) is 6.29 Å². The molecule has 0 saturated carbocycles. The number of nitrogens with zero attached hydrogens (tertiary/aromatic N) is 1. The van der Waals surface area contributed by atoms with Crippen molar-refractivity contribution in [1.82, 2.24) is 4.90 Å². The molecule has 1 heterocycles. The van der Waals surface area contributed by atoms with Gasteiger partial charge in [-0.3, -0.25) is 9.69 Å². The number of hydrogen-bond acceptors (Lipinski definition) is 5. The predicted molar refractivity (Wildman–Crippen MR) is 75.3 cm³/mol. The average Bonchev–Trinajstić information content (AvgIpc) is 2.73. The second kappa shape index (κ2) is 10.4. The van der Waals surface area contributed by atoms with Crippen molar-refractivity contribution in [2.75, 3.05) is 20.3 Å². The van der Waals surface area contributed by atoms with Crippen molar-refractivity contribution in [2.24, 2.45) is 5.92 Å². The van der Waals surface area contributed by atoms with Crippen LogP contribution in [0.25, 0.3) is 5.73 Å². The van der Waals surface area contributed by atoms with Crippen LogP contribution in [0, 0.1) is 50.0 Å². The molecule has 1 aliphatic rings. The standard InChI is InChI=1S/C14H25N2O4.Ac/c1-5-19-10(3)20-8-11-6-13(9(2)18)16(4)14(11)12(15)7-17;/h7,10-15H,5-6,8H2,1-4H3;/q-1;/t10?,11-,12-,13+,14+;/m0./s1. The number of aldehydes is 1. The predicted octanol–water partition coefficient (Wildman–Crippen LogP) is 1.28. The summed E-state index contributed by atoms with van der Waals surface area (Å²) in [4.78, 5) is 24.4. The smallest absolute Gasteiger partial charge is 0.154 e. The van der Waals surface area contributed by atoms with E-state index in [4.69, 9.17) is 15.2 Å². The monoisotopic (exact) mass is 512 g/mol. The number of ether oxygens (including phenoxy) is 2. The van der Waals surface area contributed by atoms with E-state index in [0.29, 0.717) is 25.9 Å². The first-order valence-electron chi connectivity index (χ1n) is 7.04. The van der Waals surface area contributed by atoms with E-state index in [2.05, 4.69) is 0 Å². The van der Waals surface area contributed by atoms with Gasteiger partial charge in [-0.1, -0.05) is 6.04 Å². The van der Waals surface area contributed by atoms with Crippen LogP contribution in [0.5, 0.6) is 0 Å². The molecule has 1 rings (SSSR count). The largest absolute Gasteiger partial charge is 0.667 e. The number of carbonyl (C=O) groups is 2. The third-order valence-corrected chi connectivity index (χ3v) is 3.90. The fourth-order valence-corrected chi connectivity index (χ4v) is 2.92. The summed E-state index contributed by atoms with van der Waals surface area (Å²) in [5.41, 5.74) is 7.87.